The predicted octanol–water partition coefficient (Wildman–Crippen LogP) is 2.61. The van der Waals surface area contributed by atoms with Crippen molar-refractivity contribution in [3.8, 4) is 0 Å². The second-order valence-corrected chi connectivity index (χ2v) is 19.9. The normalized spacial score (nSPS) is 16.4. The summed E-state index contributed by atoms with van der Waals surface area (Å²) >= 11 is 0. The Morgan fingerprint density at radius 3 is 1.62 bits per heavy atom. The first-order valence-corrected chi connectivity index (χ1v) is 23.5. The van der Waals surface area contributed by atoms with E-state index in [9.17, 15) is 48.3 Å². The second-order valence-electron chi connectivity index (χ2n) is 19.9. The lowest BCUT2D eigenvalue weighted by Crippen LogP contribution is -2.59. The zero-order chi connectivity index (χ0) is 51.6. The number of amides is 6. The van der Waals surface area contributed by atoms with E-state index in [1.807, 2.05) is 13.8 Å². The highest BCUT2D eigenvalue weighted by Gasteiger charge is 2.40. The van der Waals surface area contributed by atoms with Gasteiger partial charge in [-0.15, -0.1) is 0 Å². The van der Waals surface area contributed by atoms with E-state index in [1.165, 1.54) is 11.8 Å². The number of carboxylic acid groups (broad SMARTS) is 1. The van der Waals surface area contributed by atoms with Gasteiger partial charge in [-0.05, 0) is 97.6 Å². The van der Waals surface area contributed by atoms with E-state index in [0.29, 0.717) is 17.5 Å². The van der Waals surface area contributed by atoms with Gasteiger partial charge < -0.3 is 51.8 Å². The predicted molar refractivity (Wildman–Crippen MR) is 256 cm³/mol. The summed E-state index contributed by atoms with van der Waals surface area (Å²) < 4.78 is 10.7. The van der Waals surface area contributed by atoms with E-state index in [0.717, 1.165) is 0 Å². The molecule has 0 aliphatic carbocycles. The number of rotatable bonds is 24. The monoisotopic (exact) mass is 964 g/mol. The zero-order valence-electron chi connectivity index (χ0n) is 41.4. The smallest absolute Gasteiger partial charge is 0.326 e. The van der Waals surface area contributed by atoms with Crippen molar-refractivity contribution in [3.05, 3.63) is 71.8 Å². The minimum atomic E-state index is -1.42. The molecule has 1 aliphatic heterocycles. The minimum absolute atomic E-state index is 0.0330. The lowest BCUT2D eigenvalue weighted by atomic mass is 10.0. The Hall–Kier alpha value is -6.37. The first-order valence-electron chi connectivity index (χ1n) is 23.5. The van der Waals surface area contributed by atoms with Gasteiger partial charge in [-0.2, -0.15) is 0 Å². The molecule has 19 nitrogen and oxygen atoms in total. The molecule has 0 saturated carbocycles. The van der Waals surface area contributed by atoms with Crippen LogP contribution in [0.15, 0.2) is 60.7 Å². The van der Waals surface area contributed by atoms with E-state index < -0.39 is 107 Å². The number of carbonyl (C=O) groups is 9. The number of esters is 2. The molecule has 6 amide bonds. The summed E-state index contributed by atoms with van der Waals surface area (Å²) in [4.78, 5) is 122. The third-order valence-electron chi connectivity index (χ3n) is 10.8. The Balaban J connectivity index is 1.80. The Morgan fingerprint density at radius 1 is 0.638 bits per heavy atom. The van der Waals surface area contributed by atoms with Crippen molar-refractivity contribution in [2.45, 2.75) is 174 Å². The summed E-state index contributed by atoms with van der Waals surface area (Å²) in [5.74, 6) is -6.92. The van der Waals surface area contributed by atoms with Gasteiger partial charge in [0.2, 0.25) is 35.4 Å². The molecule has 2 aromatic rings. The molecule has 2 aromatic carbocycles. The molecule has 0 spiro atoms. The quantitative estimate of drug-likeness (QED) is 0.0747. The molecule has 0 aromatic heterocycles. The summed E-state index contributed by atoms with van der Waals surface area (Å²) in [6, 6.07) is 8.97. The summed E-state index contributed by atoms with van der Waals surface area (Å²) in [5, 5.41) is 23.2. The maximum atomic E-state index is 14.5. The highest BCUT2D eigenvalue weighted by atomic mass is 16.6. The molecule has 8 N–H and O–H groups in total. The molecule has 0 bridgehead atoms. The maximum absolute atomic E-state index is 14.5. The first-order chi connectivity index (χ1) is 32.2. The summed E-state index contributed by atoms with van der Waals surface area (Å²) in [6.07, 6.45) is 0.0154. The molecule has 0 unspecified atom stereocenters. The number of benzene rings is 2. The number of hydrogen-bond acceptors (Lipinski definition) is 12. The van der Waals surface area contributed by atoms with E-state index >= 15 is 0 Å². The van der Waals surface area contributed by atoms with Crippen molar-refractivity contribution >= 4 is 53.4 Å². The average Bonchev–Trinajstić information content (AvgIpc) is 3.75. The van der Waals surface area contributed by atoms with Crippen LogP contribution in [0.4, 0.5) is 0 Å². The molecule has 0 radical (unpaired) electrons. The molecule has 7 atom stereocenters. The van der Waals surface area contributed by atoms with E-state index in [4.69, 9.17) is 15.2 Å². The van der Waals surface area contributed by atoms with Gasteiger partial charge in [-0.1, -0.05) is 74.5 Å². The Kier molecular flexibility index (Phi) is 21.8. The Labute approximate surface area is 405 Å². The van der Waals surface area contributed by atoms with Crippen LogP contribution in [0.3, 0.4) is 0 Å². The van der Waals surface area contributed by atoms with Crippen LogP contribution in [-0.4, -0.2) is 123 Å². The van der Waals surface area contributed by atoms with Crippen LogP contribution in [0, 0.1) is 5.92 Å². The molecular formula is C50H73N7O12. The highest BCUT2D eigenvalue weighted by molar-refractivity contribution is 5.97. The number of carbonyl (C=O) groups excluding carboxylic acids is 8. The first kappa shape index (κ1) is 57.0. The van der Waals surface area contributed by atoms with Gasteiger partial charge in [0.05, 0.1) is 6.04 Å². The SMILES string of the molecule is CC(C)C[C@H](NC(=O)[C@@H]1CCCN1C(=O)[C@H](Cc1ccccc1)NC(=O)[C@H](C)NC(=O)[C@@H](N)CCC(=O)OC(C)(C)C)C(=O)N[C@@H](CCC(=O)OC(C)(C)C)C(=O)N[C@@H](Cc1ccccc1)C(=O)O. The Bertz CT molecular complexity index is 2090. The van der Waals surface area contributed by atoms with Crippen LogP contribution in [0.1, 0.15) is 118 Å². The van der Waals surface area contributed by atoms with Gasteiger partial charge >= 0.3 is 17.9 Å². The van der Waals surface area contributed by atoms with Crippen LogP contribution in [0.5, 0.6) is 0 Å². The van der Waals surface area contributed by atoms with E-state index in [2.05, 4.69) is 26.6 Å². The van der Waals surface area contributed by atoms with Crippen LogP contribution < -0.4 is 32.3 Å². The maximum Gasteiger partial charge on any atom is 0.326 e. The van der Waals surface area contributed by atoms with Crippen molar-refractivity contribution in [1.29, 1.82) is 0 Å². The van der Waals surface area contributed by atoms with E-state index in [-0.39, 0.29) is 63.8 Å². The molecule has 1 saturated heterocycles. The highest BCUT2D eigenvalue weighted by Crippen LogP contribution is 2.21. The lowest BCUT2D eigenvalue weighted by Gasteiger charge is -2.31. The van der Waals surface area contributed by atoms with Crippen LogP contribution >= 0.6 is 0 Å². The molecule has 1 heterocycles. The average molecular weight is 964 g/mol. The number of carboxylic acids is 1. The van der Waals surface area contributed by atoms with Gasteiger partial charge in [0, 0.05) is 32.2 Å². The Morgan fingerprint density at radius 2 is 1.12 bits per heavy atom. The molecule has 3 rings (SSSR count). The van der Waals surface area contributed by atoms with Gasteiger partial charge in [0.25, 0.3) is 0 Å². The number of hydrogen-bond donors (Lipinski definition) is 7. The van der Waals surface area contributed by atoms with E-state index in [1.54, 1.807) is 102 Å². The lowest BCUT2D eigenvalue weighted by molar-refractivity contribution is -0.156. The van der Waals surface area contributed by atoms with Gasteiger partial charge in [-0.3, -0.25) is 38.4 Å². The third-order valence-corrected chi connectivity index (χ3v) is 10.8. The number of likely N-dealkylation sites (tertiary alicyclic amines) is 1. The number of aliphatic carboxylic acids is 1. The minimum Gasteiger partial charge on any atom is -0.480 e. The number of nitrogens with zero attached hydrogens (tertiary/aromatic N) is 1. The van der Waals surface area contributed by atoms with Crippen LogP contribution in [-0.2, 0) is 65.5 Å². The standard InChI is InChI=1S/C50H73N7O12/c1-30(2)27-36(45(63)53-35(23-25-41(59)69-50(7,8)9)44(62)56-38(48(66)67)29-33-19-14-11-15-20-33)54-46(64)39-21-16-26-57(39)47(65)37(28-32-17-12-10-13-18-32)55-42(60)31(3)52-43(61)34(51)22-24-40(58)68-49(4,5)6/h10-15,17-20,30-31,34-39H,16,21-29,51H2,1-9H3,(H,52,61)(H,53,63)(H,54,64)(H,55,60)(H,56,62)(H,66,67)/t31-,34-,35-,36-,37-,38-,39-/m0/s1. The van der Waals surface area contributed by atoms with Crippen molar-refractivity contribution < 1.29 is 57.7 Å². The fourth-order valence-corrected chi connectivity index (χ4v) is 7.52. The van der Waals surface area contributed by atoms with Crippen LogP contribution in [0.2, 0.25) is 0 Å². The number of ether oxygens (including phenoxy) is 2. The second kappa shape index (κ2) is 26.4. The van der Waals surface area contributed by atoms with Crippen LogP contribution in [0.25, 0.3) is 0 Å². The van der Waals surface area contributed by atoms with Crippen molar-refractivity contribution in [2.75, 3.05) is 6.54 Å². The fraction of sp³-hybridized carbons (Fsp3) is 0.580. The van der Waals surface area contributed by atoms with Gasteiger partial charge in [0.15, 0.2) is 0 Å². The number of nitrogens with one attached hydrogen (secondary N) is 5. The van der Waals surface area contributed by atoms with Crippen molar-refractivity contribution in [1.82, 2.24) is 31.5 Å². The topological polar surface area (TPSA) is 282 Å². The fourth-order valence-electron chi connectivity index (χ4n) is 7.52. The molecular weight excluding hydrogens is 891 g/mol. The van der Waals surface area contributed by atoms with Crippen molar-refractivity contribution in [2.24, 2.45) is 11.7 Å². The van der Waals surface area contributed by atoms with Gasteiger partial charge in [0.1, 0.15) is 47.5 Å². The molecule has 69 heavy (non-hydrogen) atoms. The third kappa shape index (κ3) is 20.4. The molecule has 19 heteroatoms. The summed E-state index contributed by atoms with van der Waals surface area (Å²) in [5.41, 5.74) is 5.82. The molecule has 380 valence electrons. The molecule has 1 fully saturated rings. The molecule has 1 aliphatic rings. The zero-order valence-corrected chi connectivity index (χ0v) is 41.4. The largest absolute Gasteiger partial charge is 0.480 e. The summed E-state index contributed by atoms with van der Waals surface area (Å²) in [7, 11) is 0. The van der Waals surface area contributed by atoms with Crippen molar-refractivity contribution in [3.63, 3.8) is 0 Å². The number of nitrogens with two attached hydrogens (primary N) is 1. The van der Waals surface area contributed by atoms with Gasteiger partial charge in [-0.25, -0.2) is 4.79 Å². The summed E-state index contributed by atoms with van der Waals surface area (Å²) in [6.45, 7) is 15.4.